The fraction of sp³-hybridized carbons (Fsp3) is 0.923. The van der Waals surface area contributed by atoms with E-state index in [0.717, 1.165) is 19.4 Å². The number of carbonyl (C=O) groups is 1. The molecule has 2 fully saturated rings. The van der Waals surface area contributed by atoms with Crippen molar-refractivity contribution >= 4 is 6.03 Å². The summed E-state index contributed by atoms with van der Waals surface area (Å²) in [5, 5.41) is 6.08. The zero-order valence-electron chi connectivity index (χ0n) is 11.1. The minimum absolute atomic E-state index is 0.0165. The quantitative estimate of drug-likeness (QED) is 0.784. The van der Waals surface area contributed by atoms with Crippen LogP contribution >= 0.6 is 0 Å². The van der Waals surface area contributed by atoms with Gasteiger partial charge in [-0.2, -0.15) is 0 Å². The first-order valence-electron chi connectivity index (χ1n) is 6.84. The van der Waals surface area contributed by atoms with E-state index in [2.05, 4.69) is 29.6 Å². The van der Waals surface area contributed by atoms with Crippen molar-refractivity contribution in [1.82, 2.24) is 15.5 Å². The average Bonchev–Trinajstić information content (AvgIpc) is 2.70. The number of nitrogens with one attached hydrogen (secondary N) is 2. The lowest BCUT2D eigenvalue weighted by Crippen LogP contribution is -2.54. The van der Waals surface area contributed by atoms with Crippen molar-refractivity contribution in [3.8, 4) is 0 Å². The van der Waals surface area contributed by atoms with Crippen molar-refractivity contribution in [1.29, 1.82) is 0 Å². The fourth-order valence-electron chi connectivity index (χ4n) is 2.85. The number of nitrogens with zero attached hydrogens (tertiary/aromatic N) is 1. The molecular weight excluding hydrogens is 214 g/mol. The molecule has 0 heterocycles. The van der Waals surface area contributed by atoms with E-state index in [9.17, 15) is 4.79 Å². The maximum atomic E-state index is 11.7. The van der Waals surface area contributed by atoms with Gasteiger partial charge in [-0.1, -0.05) is 12.8 Å². The molecule has 0 bridgehead atoms. The van der Waals surface area contributed by atoms with Crippen molar-refractivity contribution in [3.63, 3.8) is 0 Å². The summed E-state index contributed by atoms with van der Waals surface area (Å²) in [6, 6.07) is 0.441. The highest BCUT2D eigenvalue weighted by atomic mass is 16.2. The van der Waals surface area contributed by atoms with Crippen LogP contribution in [0.5, 0.6) is 0 Å². The molecule has 0 aliphatic heterocycles. The Kier molecular flexibility index (Phi) is 3.92. The average molecular weight is 239 g/mol. The standard InChI is InChI=1S/C13H25N3O/c1-16(2)13(8-3-4-9-13)10-14-12(17)15-11-6-5-7-11/h11H,3-10H2,1-2H3,(H2,14,15,17). The highest BCUT2D eigenvalue weighted by Crippen LogP contribution is 2.33. The third kappa shape index (κ3) is 2.92. The fourth-order valence-corrected chi connectivity index (χ4v) is 2.85. The van der Waals surface area contributed by atoms with Gasteiger partial charge in [0.2, 0.25) is 0 Å². The lowest BCUT2D eigenvalue weighted by atomic mass is 9.93. The molecule has 4 heteroatoms. The molecule has 2 saturated carbocycles. The molecule has 4 nitrogen and oxygen atoms in total. The molecule has 0 unspecified atom stereocenters. The van der Waals surface area contributed by atoms with Crippen molar-refractivity contribution in [2.24, 2.45) is 0 Å². The zero-order chi connectivity index (χ0) is 12.3. The van der Waals surface area contributed by atoms with Crippen LogP contribution in [0.1, 0.15) is 44.9 Å². The molecule has 0 spiro atoms. The van der Waals surface area contributed by atoms with Crippen LogP contribution in [0.4, 0.5) is 4.79 Å². The molecule has 0 aromatic carbocycles. The van der Waals surface area contributed by atoms with Gasteiger partial charge in [0.25, 0.3) is 0 Å². The largest absolute Gasteiger partial charge is 0.336 e. The second kappa shape index (κ2) is 5.25. The molecule has 2 aliphatic rings. The predicted molar refractivity (Wildman–Crippen MR) is 69.1 cm³/mol. The summed E-state index contributed by atoms with van der Waals surface area (Å²) in [7, 11) is 4.24. The molecule has 0 atom stereocenters. The van der Waals surface area contributed by atoms with Crippen LogP contribution in [0, 0.1) is 0 Å². The summed E-state index contributed by atoms with van der Waals surface area (Å²) in [5.74, 6) is 0. The van der Waals surface area contributed by atoms with E-state index in [-0.39, 0.29) is 11.6 Å². The van der Waals surface area contributed by atoms with Crippen molar-refractivity contribution in [2.75, 3.05) is 20.6 Å². The highest BCUT2D eigenvalue weighted by molar-refractivity contribution is 5.74. The molecule has 2 N–H and O–H groups in total. The molecule has 0 aromatic rings. The van der Waals surface area contributed by atoms with Crippen LogP contribution in [0.2, 0.25) is 0 Å². The maximum absolute atomic E-state index is 11.7. The van der Waals surface area contributed by atoms with Gasteiger partial charge in [-0.3, -0.25) is 0 Å². The van der Waals surface area contributed by atoms with Gasteiger partial charge in [0.15, 0.2) is 0 Å². The second-order valence-corrected chi connectivity index (χ2v) is 5.78. The first kappa shape index (κ1) is 12.7. The summed E-state index contributed by atoms with van der Waals surface area (Å²) >= 11 is 0. The van der Waals surface area contributed by atoms with Gasteiger partial charge in [0.05, 0.1) is 0 Å². The number of amides is 2. The Hall–Kier alpha value is -0.770. The number of likely N-dealkylation sites (N-methyl/N-ethyl adjacent to an activating group) is 1. The summed E-state index contributed by atoms with van der Waals surface area (Å²) in [6.07, 6.45) is 8.51. The molecule has 0 aromatic heterocycles. The lowest BCUT2D eigenvalue weighted by molar-refractivity contribution is 0.153. The molecule has 2 rings (SSSR count). The molecule has 0 saturated heterocycles. The molecular formula is C13H25N3O. The van der Waals surface area contributed by atoms with Gasteiger partial charge in [0, 0.05) is 18.1 Å². The van der Waals surface area contributed by atoms with Crippen LogP contribution in [-0.4, -0.2) is 43.2 Å². The van der Waals surface area contributed by atoms with Gasteiger partial charge < -0.3 is 15.5 Å². The van der Waals surface area contributed by atoms with E-state index in [1.807, 2.05) is 0 Å². The van der Waals surface area contributed by atoms with E-state index in [1.54, 1.807) is 0 Å². The van der Waals surface area contributed by atoms with Crippen LogP contribution in [0.15, 0.2) is 0 Å². The summed E-state index contributed by atoms with van der Waals surface area (Å²) < 4.78 is 0. The van der Waals surface area contributed by atoms with E-state index >= 15 is 0 Å². The first-order valence-corrected chi connectivity index (χ1v) is 6.84. The monoisotopic (exact) mass is 239 g/mol. The number of hydrogen-bond donors (Lipinski definition) is 2. The van der Waals surface area contributed by atoms with Crippen LogP contribution < -0.4 is 10.6 Å². The van der Waals surface area contributed by atoms with E-state index in [1.165, 1.54) is 32.1 Å². The Morgan fingerprint density at radius 1 is 1.24 bits per heavy atom. The van der Waals surface area contributed by atoms with Gasteiger partial charge >= 0.3 is 6.03 Å². The Morgan fingerprint density at radius 2 is 1.88 bits per heavy atom. The Morgan fingerprint density at radius 3 is 2.35 bits per heavy atom. The molecule has 0 radical (unpaired) electrons. The van der Waals surface area contributed by atoms with Gasteiger partial charge in [-0.05, 0) is 46.2 Å². The topological polar surface area (TPSA) is 44.4 Å². The van der Waals surface area contributed by atoms with Crippen molar-refractivity contribution < 1.29 is 4.79 Å². The summed E-state index contributed by atoms with van der Waals surface area (Å²) in [4.78, 5) is 14.0. The number of rotatable bonds is 4. The predicted octanol–water partition coefficient (Wildman–Crippen LogP) is 1.71. The minimum Gasteiger partial charge on any atom is -0.336 e. The van der Waals surface area contributed by atoms with Gasteiger partial charge in [-0.15, -0.1) is 0 Å². The molecule has 17 heavy (non-hydrogen) atoms. The maximum Gasteiger partial charge on any atom is 0.315 e. The van der Waals surface area contributed by atoms with Crippen LogP contribution in [0.3, 0.4) is 0 Å². The third-order valence-corrected chi connectivity index (χ3v) is 4.50. The third-order valence-electron chi connectivity index (χ3n) is 4.50. The first-order chi connectivity index (χ1) is 8.12. The van der Waals surface area contributed by atoms with Gasteiger partial charge in [-0.25, -0.2) is 4.79 Å². The molecule has 98 valence electrons. The van der Waals surface area contributed by atoms with Crippen LogP contribution in [-0.2, 0) is 0 Å². The molecule has 2 aliphatic carbocycles. The number of hydrogen-bond acceptors (Lipinski definition) is 2. The minimum atomic E-state index is 0.0165. The number of urea groups is 1. The van der Waals surface area contributed by atoms with E-state index in [4.69, 9.17) is 0 Å². The highest BCUT2D eigenvalue weighted by Gasteiger charge is 2.36. The van der Waals surface area contributed by atoms with E-state index < -0.39 is 0 Å². The summed E-state index contributed by atoms with van der Waals surface area (Å²) in [5.41, 5.74) is 0.191. The zero-order valence-corrected chi connectivity index (χ0v) is 11.1. The Balaban J connectivity index is 1.76. The number of carbonyl (C=O) groups excluding carboxylic acids is 1. The normalized spacial score (nSPS) is 23.5. The Bertz CT molecular complexity index is 268. The smallest absolute Gasteiger partial charge is 0.315 e. The SMILES string of the molecule is CN(C)C1(CNC(=O)NC2CCC2)CCCC1. The van der Waals surface area contributed by atoms with Gasteiger partial charge in [0.1, 0.15) is 0 Å². The lowest BCUT2D eigenvalue weighted by Gasteiger charge is -2.37. The van der Waals surface area contributed by atoms with Crippen molar-refractivity contribution in [3.05, 3.63) is 0 Å². The van der Waals surface area contributed by atoms with Crippen molar-refractivity contribution in [2.45, 2.75) is 56.5 Å². The van der Waals surface area contributed by atoms with Crippen LogP contribution in [0.25, 0.3) is 0 Å². The second-order valence-electron chi connectivity index (χ2n) is 5.78. The molecule has 2 amide bonds. The van der Waals surface area contributed by atoms with E-state index in [0.29, 0.717) is 6.04 Å². The summed E-state index contributed by atoms with van der Waals surface area (Å²) in [6.45, 7) is 0.776. The Labute approximate surface area is 104 Å².